The summed E-state index contributed by atoms with van der Waals surface area (Å²) >= 11 is 0. The summed E-state index contributed by atoms with van der Waals surface area (Å²) in [6.45, 7) is 0.831. The van der Waals surface area contributed by atoms with Gasteiger partial charge in [-0.15, -0.1) is 0 Å². The van der Waals surface area contributed by atoms with Crippen LogP contribution in [0.5, 0.6) is 5.75 Å². The Labute approximate surface area is 96.0 Å². The summed E-state index contributed by atoms with van der Waals surface area (Å²) in [6.07, 6.45) is 0.719. The molecule has 1 atom stereocenters. The highest BCUT2D eigenvalue weighted by atomic mass is 19.1. The Morgan fingerprint density at radius 2 is 2.12 bits per heavy atom. The first-order chi connectivity index (χ1) is 7.56. The lowest BCUT2D eigenvalue weighted by atomic mass is 10.0. The number of ether oxygens (including phenoxy) is 1. The van der Waals surface area contributed by atoms with E-state index in [1.165, 1.54) is 7.11 Å². The van der Waals surface area contributed by atoms with Gasteiger partial charge in [0.1, 0.15) is 0 Å². The molecule has 0 radical (unpaired) electrons. The summed E-state index contributed by atoms with van der Waals surface area (Å²) in [5.74, 6) is -0.103. The molecule has 1 unspecified atom stereocenters. The molecule has 4 heteroatoms. The second kappa shape index (κ2) is 5.82. The van der Waals surface area contributed by atoms with Gasteiger partial charge < -0.3 is 15.4 Å². The molecular weight excluding hydrogens is 207 g/mol. The van der Waals surface area contributed by atoms with E-state index < -0.39 is 0 Å². The van der Waals surface area contributed by atoms with Gasteiger partial charge in [-0.25, -0.2) is 4.39 Å². The molecule has 16 heavy (non-hydrogen) atoms. The van der Waals surface area contributed by atoms with Crippen LogP contribution in [0.4, 0.5) is 4.39 Å². The van der Waals surface area contributed by atoms with Gasteiger partial charge in [-0.1, -0.05) is 12.1 Å². The van der Waals surface area contributed by atoms with Crippen LogP contribution < -0.4 is 10.5 Å². The van der Waals surface area contributed by atoms with Crippen molar-refractivity contribution in [1.29, 1.82) is 0 Å². The molecule has 0 spiro atoms. The summed E-state index contributed by atoms with van der Waals surface area (Å²) in [5, 5.41) is 0. The van der Waals surface area contributed by atoms with Gasteiger partial charge in [0.25, 0.3) is 0 Å². The monoisotopic (exact) mass is 226 g/mol. The van der Waals surface area contributed by atoms with E-state index in [1.54, 1.807) is 18.2 Å². The first-order valence-corrected chi connectivity index (χ1v) is 5.29. The maximum Gasteiger partial charge on any atom is 0.169 e. The number of nitrogens with zero attached hydrogens (tertiary/aromatic N) is 1. The molecule has 0 bridgehead atoms. The molecule has 0 aromatic heterocycles. The minimum Gasteiger partial charge on any atom is -0.494 e. The summed E-state index contributed by atoms with van der Waals surface area (Å²) < 4.78 is 18.7. The number of methoxy groups -OCH3 is 1. The van der Waals surface area contributed by atoms with E-state index in [0.717, 1.165) is 13.0 Å². The highest BCUT2D eigenvalue weighted by Crippen LogP contribution is 2.25. The molecule has 0 aliphatic heterocycles. The zero-order valence-corrected chi connectivity index (χ0v) is 10.0. The fourth-order valence-electron chi connectivity index (χ4n) is 1.52. The van der Waals surface area contributed by atoms with E-state index in [2.05, 4.69) is 0 Å². The number of halogens is 1. The smallest absolute Gasteiger partial charge is 0.169 e. The summed E-state index contributed by atoms with van der Waals surface area (Å²) in [6, 6.07) is 4.76. The van der Waals surface area contributed by atoms with E-state index in [9.17, 15) is 4.39 Å². The first kappa shape index (κ1) is 12.9. The summed E-state index contributed by atoms with van der Waals surface area (Å²) in [4.78, 5) is 2.03. The maximum atomic E-state index is 13.8. The number of hydrogen-bond acceptors (Lipinski definition) is 3. The van der Waals surface area contributed by atoms with Crippen LogP contribution in [0.25, 0.3) is 0 Å². The van der Waals surface area contributed by atoms with Gasteiger partial charge in [-0.2, -0.15) is 0 Å². The molecule has 0 aliphatic rings. The van der Waals surface area contributed by atoms with Gasteiger partial charge >= 0.3 is 0 Å². The van der Waals surface area contributed by atoms with Crippen molar-refractivity contribution in [2.75, 3.05) is 27.7 Å². The molecule has 90 valence electrons. The molecule has 0 heterocycles. The van der Waals surface area contributed by atoms with Crippen molar-refractivity contribution < 1.29 is 9.13 Å². The predicted octanol–water partition coefficient (Wildman–Crippen LogP) is 1.79. The van der Waals surface area contributed by atoms with Crippen molar-refractivity contribution in [3.8, 4) is 5.75 Å². The van der Waals surface area contributed by atoms with Crippen molar-refractivity contribution in [2.24, 2.45) is 5.73 Å². The van der Waals surface area contributed by atoms with Crippen LogP contribution in [0.2, 0.25) is 0 Å². The molecule has 1 rings (SSSR count). The van der Waals surface area contributed by atoms with Gasteiger partial charge in [0, 0.05) is 11.6 Å². The molecule has 0 fully saturated rings. The van der Waals surface area contributed by atoms with E-state index in [4.69, 9.17) is 10.5 Å². The number of benzene rings is 1. The molecular formula is C12H19FN2O. The minimum absolute atomic E-state index is 0.248. The zero-order valence-electron chi connectivity index (χ0n) is 10.0. The molecule has 0 aliphatic carbocycles. The van der Waals surface area contributed by atoms with Crippen LogP contribution in [-0.4, -0.2) is 32.6 Å². The molecule has 0 saturated heterocycles. The molecule has 0 amide bonds. The Hall–Kier alpha value is -1.13. The Morgan fingerprint density at radius 1 is 1.44 bits per heavy atom. The largest absolute Gasteiger partial charge is 0.494 e. The third-order valence-corrected chi connectivity index (χ3v) is 2.50. The predicted molar refractivity (Wildman–Crippen MR) is 63.1 cm³/mol. The van der Waals surface area contributed by atoms with E-state index in [-0.39, 0.29) is 17.6 Å². The standard InChI is InChI=1S/C12H19FN2O/c1-15(2)8-7-10(14)9-5-4-6-11(16-3)12(9)13/h4-6,10H,7-8,14H2,1-3H3. The van der Waals surface area contributed by atoms with Crippen molar-refractivity contribution in [3.05, 3.63) is 29.6 Å². The lowest BCUT2D eigenvalue weighted by Gasteiger charge is -2.17. The first-order valence-electron chi connectivity index (χ1n) is 5.29. The third-order valence-electron chi connectivity index (χ3n) is 2.50. The second-order valence-corrected chi connectivity index (χ2v) is 4.06. The van der Waals surface area contributed by atoms with Crippen LogP contribution in [-0.2, 0) is 0 Å². The highest BCUT2D eigenvalue weighted by molar-refractivity contribution is 5.32. The van der Waals surface area contributed by atoms with Gasteiger partial charge in [0.05, 0.1) is 7.11 Å². The minimum atomic E-state index is -0.351. The van der Waals surface area contributed by atoms with Gasteiger partial charge in [0.15, 0.2) is 11.6 Å². The molecule has 1 aromatic carbocycles. The fraction of sp³-hybridized carbons (Fsp3) is 0.500. The Balaban J connectivity index is 2.78. The second-order valence-electron chi connectivity index (χ2n) is 4.06. The van der Waals surface area contributed by atoms with Crippen LogP contribution >= 0.6 is 0 Å². The van der Waals surface area contributed by atoms with Crippen LogP contribution in [0.1, 0.15) is 18.0 Å². The van der Waals surface area contributed by atoms with Gasteiger partial charge in [0.2, 0.25) is 0 Å². The Bertz CT molecular complexity index is 342. The van der Waals surface area contributed by atoms with Gasteiger partial charge in [-0.05, 0) is 33.1 Å². The third kappa shape index (κ3) is 3.18. The average Bonchev–Trinajstić information content (AvgIpc) is 2.26. The number of hydrogen-bond donors (Lipinski definition) is 1. The van der Waals surface area contributed by atoms with Crippen molar-refractivity contribution in [3.63, 3.8) is 0 Å². The Morgan fingerprint density at radius 3 is 2.69 bits per heavy atom. The quantitative estimate of drug-likeness (QED) is 0.831. The Kier molecular flexibility index (Phi) is 4.71. The molecule has 3 nitrogen and oxygen atoms in total. The van der Waals surface area contributed by atoms with Crippen LogP contribution in [0, 0.1) is 5.82 Å². The summed E-state index contributed by atoms with van der Waals surface area (Å²) in [7, 11) is 5.39. The highest BCUT2D eigenvalue weighted by Gasteiger charge is 2.14. The average molecular weight is 226 g/mol. The lowest BCUT2D eigenvalue weighted by Crippen LogP contribution is -2.21. The van der Waals surface area contributed by atoms with E-state index in [1.807, 2.05) is 19.0 Å². The lowest BCUT2D eigenvalue weighted by molar-refractivity contribution is 0.368. The fourth-order valence-corrected chi connectivity index (χ4v) is 1.52. The van der Waals surface area contributed by atoms with Gasteiger partial charge in [-0.3, -0.25) is 0 Å². The summed E-state index contributed by atoms with van der Waals surface area (Å²) in [5.41, 5.74) is 6.46. The van der Waals surface area contributed by atoms with Crippen LogP contribution in [0.15, 0.2) is 18.2 Å². The number of rotatable bonds is 5. The number of nitrogens with two attached hydrogens (primary N) is 1. The topological polar surface area (TPSA) is 38.5 Å². The van der Waals surface area contributed by atoms with Crippen molar-refractivity contribution >= 4 is 0 Å². The van der Waals surface area contributed by atoms with Crippen molar-refractivity contribution in [1.82, 2.24) is 4.90 Å². The van der Waals surface area contributed by atoms with Crippen LogP contribution in [0.3, 0.4) is 0 Å². The molecule has 0 saturated carbocycles. The van der Waals surface area contributed by atoms with E-state index >= 15 is 0 Å². The molecule has 2 N–H and O–H groups in total. The zero-order chi connectivity index (χ0) is 12.1. The van der Waals surface area contributed by atoms with Crippen molar-refractivity contribution in [2.45, 2.75) is 12.5 Å². The normalized spacial score (nSPS) is 12.9. The van der Waals surface area contributed by atoms with E-state index in [0.29, 0.717) is 5.56 Å². The molecule has 1 aromatic rings. The maximum absolute atomic E-state index is 13.8. The SMILES string of the molecule is COc1cccc(C(N)CCN(C)C)c1F.